The maximum atomic E-state index is 5.91. The van der Waals surface area contributed by atoms with E-state index in [0.29, 0.717) is 0 Å². The van der Waals surface area contributed by atoms with Crippen molar-refractivity contribution in [3.63, 3.8) is 0 Å². The van der Waals surface area contributed by atoms with Crippen molar-refractivity contribution in [1.29, 1.82) is 0 Å². The molecular weight excluding hydrogens is 416 g/mol. The van der Waals surface area contributed by atoms with Gasteiger partial charge in [-0.05, 0) is 52.7 Å². The third-order valence-electron chi connectivity index (χ3n) is 5.37. The minimum atomic E-state index is 0.743. The van der Waals surface area contributed by atoms with Gasteiger partial charge in [0.05, 0.1) is 5.71 Å². The lowest BCUT2D eigenvalue weighted by Crippen LogP contribution is -2.13. The van der Waals surface area contributed by atoms with E-state index in [1.165, 1.54) is 5.39 Å². The first-order valence-corrected chi connectivity index (χ1v) is 11.3. The van der Waals surface area contributed by atoms with Crippen molar-refractivity contribution >= 4 is 28.2 Å². The Bertz CT molecular complexity index is 1440. The number of fused-ring (bicyclic) bond motifs is 2. The summed E-state index contributed by atoms with van der Waals surface area (Å²) >= 11 is 1.65. The zero-order valence-corrected chi connectivity index (χ0v) is 17.9. The average Bonchev–Trinajstić information content (AvgIpc) is 3.28. The van der Waals surface area contributed by atoms with Gasteiger partial charge in [0.25, 0.3) is 0 Å². The van der Waals surface area contributed by atoms with Gasteiger partial charge in [0, 0.05) is 11.3 Å². The van der Waals surface area contributed by atoms with Gasteiger partial charge in [-0.25, -0.2) is 0 Å². The third-order valence-corrected chi connectivity index (χ3v) is 6.30. The normalized spacial score (nSPS) is 12.9. The standard InChI is InChI=1S/C26H18N4OS/c1-2-9-20(10-3-1)31-21-15-13-19(14-16-21)24-17-32-26-28-27-25(30(26)29-24)23-12-6-8-18-7-4-5-11-22(18)23/h1-16H,17H2. The van der Waals surface area contributed by atoms with Gasteiger partial charge in [0.1, 0.15) is 11.5 Å². The number of hydrogen-bond donors (Lipinski definition) is 0. The molecule has 1 aliphatic heterocycles. The Kier molecular flexibility index (Phi) is 4.70. The van der Waals surface area contributed by atoms with Gasteiger partial charge in [0.2, 0.25) is 5.16 Å². The largest absolute Gasteiger partial charge is 0.457 e. The number of para-hydroxylation sites is 1. The summed E-state index contributed by atoms with van der Waals surface area (Å²) in [6, 6.07) is 32.4. The van der Waals surface area contributed by atoms with Crippen LogP contribution in [0.1, 0.15) is 5.56 Å². The van der Waals surface area contributed by atoms with Crippen molar-refractivity contribution in [1.82, 2.24) is 14.9 Å². The molecule has 0 radical (unpaired) electrons. The van der Waals surface area contributed by atoms with Crippen LogP contribution in [0.15, 0.2) is 107 Å². The van der Waals surface area contributed by atoms with Crippen molar-refractivity contribution in [2.75, 3.05) is 5.75 Å². The fraction of sp³-hybridized carbons (Fsp3) is 0.0385. The highest BCUT2D eigenvalue weighted by molar-refractivity contribution is 7.99. The van der Waals surface area contributed by atoms with Crippen LogP contribution in [0.3, 0.4) is 0 Å². The minimum Gasteiger partial charge on any atom is -0.457 e. The molecule has 5 aromatic rings. The zero-order chi connectivity index (χ0) is 21.3. The van der Waals surface area contributed by atoms with Gasteiger partial charge >= 0.3 is 0 Å². The van der Waals surface area contributed by atoms with Crippen molar-refractivity contribution in [2.24, 2.45) is 5.10 Å². The first-order valence-electron chi connectivity index (χ1n) is 10.3. The summed E-state index contributed by atoms with van der Waals surface area (Å²) < 4.78 is 7.77. The molecule has 1 aliphatic rings. The van der Waals surface area contributed by atoms with E-state index < -0.39 is 0 Å². The number of hydrogen-bond acceptors (Lipinski definition) is 5. The Morgan fingerprint density at radius 3 is 2.34 bits per heavy atom. The van der Waals surface area contributed by atoms with Gasteiger partial charge in [-0.2, -0.15) is 9.78 Å². The highest BCUT2D eigenvalue weighted by atomic mass is 32.2. The average molecular weight is 435 g/mol. The Morgan fingerprint density at radius 1 is 0.719 bits per heavy atom. The fourth-order valence-electron chi connectivity index (χ4n) is 3.80. The highest BCUT2D eigenvalue weighted by Gasteiger charge is 2.21. The Morgan fingerprint density at radius 2 is 1.47 bits per heavy atom. The summed E-state index contributed by atoms with van der Waals surface area (Å²) in [5, 5.41) is 16.9. The second kappa shape index (κ2) is 7.98. The van der Waals surface area contributed by atoms with E-state index >= 15 is 0 Å². The maximum Gasteiger partial charge on any atom is 0.212 e. The molecule has 0 fully saturated rings. The highest BCUT2D eigenvalue weighted by Crippen LogP contribution is 2.32. The number of aromatic nitrogens is 3. The summed E-state index contributed by atoms with van der Waals surface area (Å²) in [7, 11) is 0. The number of rotatable bonds is 4. The van der Waals surface area contributed by atoms with Crippen molar-refractivity contribution in [3.05, 3.63) is 103 Å². The minimum absolute atomic E-state index is 0.743. The summed E-state index contributed by atoms with van der Waals surface area (Å²) in [5.41, 5.74) is 3.07. The van der Waals surface area contributed by atoms with Gasteiger partial charge < -0.3 is 4.74 Å². The fourth-order valence-corrected chi connectivity index (χ4v) is 4.64. The molecule has 0 aliphatic carbocycles. The molecule has 0 bridgehead atoms. The number of thioether (sulfide) groups is 1. The van der Waals surface area contributed by atoms with E-state index in [9.17, 15) is 0 Å². The second-order valence-electron chi connectivity index (χ2n) is 7.42. The SMILES string of the molecule is c1ccc(Oc2ccc(C3=Nn4c(nnc4-c4cccc5ccccc45)SC3)cc2)cc1. The third kappa shape index (κ3) is 3.44. The van der Waals surface area contributed by atoms with Gasteiger partial charge in [-0.15, -0.1) is 10.2 Å². The molecule has 0 unspecified atom stereocenters. The van der Waals surface area contributed by atoms with Crippen LogP contribution in [0, 0.1) is 0 Å². The summed E-state index contributed by atoms with van der Waals surface area (Å²) in [5.74, 6) is 3.11. The predicted molar refractivity (Wildman–Crippen MR) is 129 cm³/mol. The van der Waals surface area contributed by atoms with Crippen LogP contribution >= 0.6 is 11.8 Å². The van der Waals surface area contributed by atoms with Crippen molar-refractivity contribution < 1.29 is 4.74 Å². The molecule has 0 N–H and O–H groups in total. The second-order valence-corrected chi connectivity index (χ2v) is 8.36. The zero-order valence-electron chi connectivity index (χ0n) is 17.1. The summed E-state index contributed by atoms with van der Waals surface area (Å²) in [6.45, 7) is 0. The lowest BCUT2D eigenvalue weighted by molar-refractivity contribution is 0.482. The Balaban J connectivity index is 1.34. The molecule has 0 saturated carbocycles. The molecule has 0 saturated heterocycles. The van der Waals surface area contributed by atoms with Crippen LogP contribution < -0.4 is 4.74 Å². The molecule has 4 aromatic carbocycles. The molecule has 6 heteroatoms. The van der Waals surface area contributed by atoms with Crippen LogP contribution in [-0.4, -0.2) is 26.3 Å². The Hall–Kier alpha value is -3.90. The lowest BCUT2D eigenvalue weighted by atomic mass is 10.0. The van der Waals surface area contributed by atoms with E-state index in [1.54, 1.807) is 11.8 Å². The Labute approximate surface area is 189 Å². The molecular formula is C26H18N4OS. The molecule has 154 valence electrons. The molecule has 0 amide bonds. The van der Waals surface area contributed by atoms with Crippen LogP contribution in [0.2, 0.25) is 0 Å². The van der Waals surface area contributed by atoms with Gasteiger partial charge in [-0.3, -0.25) is 0 Å². The number of ether oxygens (including phenoxy) is 1. The summed E-state index contributed by atoms with van der Waals surface area (Å²) in [4.78, 5) is 0. The summed E-state index contributed by atoms with van der Waals surface area (Å²) in [6.07, 6.45) is 0. The molecule has 2 heterocycles. The molecule has 32 heavy (non-hydrogen) atoms. The maximum absolute atomic E-state index is 5.91. The number of nitrogens with zero attached hydrogens (tertiary/aromatic N) is 4. The van der Waals surface area contributed by atoms with E-state index in [-0.39, 0.29) is 0 Å². The lowest BCUT2D eigenvalue weighted by Gasteiger charge is -2.15. The van der Waals surface area contributed by atoms with Crippen LogP contribution in [-0.2, 0) is 0 Å². The monoisotopic (exact) mass is 434 g/mol. The van der Waals surface area contributed by atoms with Crippen molar-refractivity contribution in [3.8, 4) is 22.9 Å². The first kappa shape index (κ1) is 18.8. The molecule has 1 aromatic heterocycles. The van der Waals surface area contributed by atoms with E-state index in [4.69, 9.17) is 9.84 Å². The van der Waals surface area contributed by atoms with Crippen LogP contribution in [0.25, 0.3) is 22.2 Å². The van der Waals surface area contributed by atoms with Gasteiger partial charge in [0.15, 0.2) is 5.82 Å². The molecule has 0 spiro atoms. The first-order chi connectivity index (χ1) is 15.8. The van der Waals surface area contributed by atoms with Crippen LogP contribution in [0.4, 0.5) is 0 Å². The molecule has 5 nitrogen and oxygen atoms in total. The molecule has 6 rings (SSSR count). The van der Waals surface area contributed by atoms with E-state index in [2.05, 4.69) is 34.5 Å². The van der Waals surface area contributed by atoms with E-state index in [1.807, 2.05) is 77.5 Å². The van der Waals surface area contributed by atoms with Crippen LogP contribution in [0.5, 0.6) is 11.5 Å². The quantitative estimate of drug-likeness (QED) is 0.336. The molecule has 0 atom stereocenters. The topological polar surface area (TPSA) is 52.3 Å². The van der Waals surface area contributed by atoms with Gasteiger partial charge in [-0.1, -0.05) is 72.4 Å². The van der Waals surface area contributed by atoms with E-state index in [0.717, 1.165) is 50.5 Å². The smallest absolute Gasteiger partial charge is 0.212 e. The van der Waals surface area contributed by atoms with Crippen molar-refractivity contribution in [2.45, 2.75) is 5.16 Å². The number of benzene rings is 4. The predicted octanol–water partition coefficient (Wildman–Crippen LogP) is 6.25.